The first-order chi connectivity index (χ1) is 12.8. The molecule has 2 nitrogen and oxygen atoms in total. The molecule has 2 heteroatoms. The van der Waals surface area contributed by atoms with E-state index < -0.39 is 0 Å². The number of hydrogen-bond donors (Lipinski definition) is 0. The van der Waals surface area contributed by atoms with Crippen LogP contribution in [0, 0.1) is 0 Å². The van der Waals surface area contributed by atoms with E-state index >= 15 is 0 Å². The van der Waals surface area contributed by atoms with E-state index in [-0.39, 0.29) is 0 Å². The van der Waals surface area contributed by atoms with Crippen LogP contribution in [0.1, 0.15) is 83.6 Å². The SMILES string of the molecule is CCCCCCCc1ccc[n+](-c2cccc[n+]2CCCCCCC)c1. The van der Waals surface area contributed by atoms with Crippen LogP contribution in [-0.2, 0) is 13.0 Å². The van der Waals surface area contributed by atoms with Gasteiger partial charge in [0.15, 0.2) is 25.1 Å². The molecule has 2 heterocycles. The number of rotatable bonds is 13. The maximum atomic E-state index is 2.40. The summed E-state index contributed by atoms with van der Waals surface area (Å²) in [5.74, 6) is 1.27. The van der Waals surface area contributed by atoms with Gasteiger partial charge in [0.25, 0.3) is 0 Å². The molecule has 0 saturated heterocycles. The Morgan fingerprint density at radius 1 is 0.692 bits per heavy atom. The van der Waals surface area contributed by atoms with Crippen molar-refractivity contribution >= 4 is 0 Å². The Labute approximate surface area is 160 Å². The molecular formula is C24H38N2+2. The Balaban J connectivity index is 1.96. The van der Waals surface area contributed by atoms with Crippen LogP contribution in [-0.4, -0.2) is 0 Å². The van der Waals surface area contributed by atoms with Gasteiger partial charge in [0, 0.05) is 24.1 Å². The lowest BCUT2D eigenvalue weighted by Gasteiger charge is -2.02. The molecule has 0 fully saturated rings. The van der Waals surface area contributed by atoms with E-state index in [0.717, 1.165) is 6.54 Å². The van der Waals surface area contributed by atoms with E-state index in [1.165, 1.54) is 82.0 Å². The number of pyridine rings is 2. The molecule has 0 aliphatic heterocycles. The normalized spacial score (nSPS) is 11.0. The van der Waals surface area contributed by atoms with Crippen LogP contribution in [0.15, 0.2) is 48.9 Å². The summed E-state index contributed by atoms with van der Waals surface area (Å²) in [7, 11) is 0. The topological polar surface area (TPSA) is 7.76 Å². The fourth-order valence-electron chi connectivity index (χ4n) is 3.52. The molecule has 0 unspecified atom stereocenters. The second-order valence-corrected chi connectivity index (χ2v) is 7.45. The Morgan fingerprint density at radius 2 is 1.42 bits per heavy atom. The first-order valence-electron chi connectivity index (χ1n) is 10.8. The van der Waals surface area contributed by atoms with Gasteiger partial charge in [0.1, 0.15) is 0 Å². The van der Waals surface area contributed by atoms with Crippen molar-refractivity contribution in [1.82, 2.24) is 0 Å². The summed E-state index contributed by atoms with van der Waals surface area (Å²) in [6, 6.07) is 11.0. The van der Waals surface area contributed by atoms with Crippen LogP contribution < -0.4 is 9.13 Å². The molecule has 0 aliphatic rings. The molecule has 0 radical (unpaired) electrons. The zero-order valence-corrected chi connectivity index (χ0v) is 17.0. The van der Waals surface area contributed by atoms with Crippen molar-refractivity contribution in [2.45, 2.75) is 91.0 Å². The van der Waals surface area contributed by atoms with Gasteiger partial charge in [0.2, 0.25) is 0 Å². The van der Waals surface area contributed by atoms with Gasteiger partial charge in [-0.2, -0.15) is 0 Å². The average molecular weight is 355 g/mol. The Kier molecular flexibility index (Phi) is 10.0. The molecule has 26 heavy (non-hydrogen) atoms. The number of aromatic nitrogens is 2. The minimum Gasteiger partial charge on any atom is -0.143 e. The largest absolute Gasteiger partial charge is 0.449 e. The monoisotopic (exact) mass is 354 g/mol. The molecule has 0 aromatic carbocycles. The lowest BCUT2D eigenvalue weighted by Crippen LogP contribution is -2.48. The van der Waals surface area contributed by atoms with Crippen LogP contribution in [0.2, 0.25) is 0 Å². The molecule has 142 valence electrons. The highest BCUT2D eigenvalue weighted by atomic mass is 15.1. The van der Waals surface area contributed by atoms with E-state index in [9.17, 15) is 0 Å². The minimum absolute atomic E-state index is 1.11. The highest BCUT2D eigenvalue weighted by Gasteiger charge is 2.19. The summed E-state index contributed by atoms with van der Waals surface area (Å²) in [5, 5.41) is 0. The first kappa shape index (κ1) is 20.6. The van der Waals surface area contributed by atoms with Crippen molar-refractivity contribution in [1.29, 1.82) is 0 Å². The predicted molar refractivity (Wildman–Crippen MR) is 109 cm³/mol. The fourth-order valence-corrected chi connectivity index (χ4v) is 3.52. The summed E-state index contributed by atoms with van der Waals surface area (Å²) in [6.07, 6.45) is 21.3. The van der Waals surface area contributed by atoms with E-state index in [0.29, 0.717) is 0 Å². The maximum absolute atomic E-state index is 2.40. The van der Waals surface area contributed by atoms with E-state index in [1.807, 2.05) is 0 Å². The van der Waals surface area contributed by atoms with Crippen molar-refractivity contribution in [3.63, 3.8) is 0 Å². The third kappa shape index (κ3) is 7.27. The number of hydrogen-bond acceptors (Lipinski definition) is 0. The summed E-state index contributed by atoms with van der Waals surface area (Å²) in [5.41, 5.74) is 1.45. The molecule has 0 saturated carbocycles. The molecular weight excluding hydrogens is 316 g/mol. The van der Waals surface area contributed by atoms with Crippen LogP contribution in [0.3, 0.4) is 0 Å². The molecule has 0 N–H and O–H groups in total. The standard InChI is InChI=1S/C24H38N2/c1-3-5-7-9-11-16-23-17-15-21-26(22-23)24-18-12-14-20-25(24)19-13-10-8-6-4-2/h12,14-15,17-18,20-22H,3-11,13,16,19H2,1-2H3/q+2. The maximum Gasteiger partial charge on any atom is 0.449 e. The third-order valence-corrected chi connectivity index (χ3v) is 5.11. The molecule has 2 aromatic rings. The highest BCUT2D eigenvalue weighted by Crippen LogP contribution is 2.08. The number of nitrogens with zero attached hydrogens (tertiary/aromatic N) is 2. The molecule has 0 aliphatic carbocycles. The van der Waals surface area contributed by atoms with Gasteiger partial charge in [-0.15, -0.1) is 9.13 Å². The zero-order chi connectivity index (χ0) is 18.5. The number of aryl methyl sites for hydroxylation is 2. The third-order valence-electron chi connectivity index (χ3n) is 5.11. The lowest BCUT2D eigenvalue weighted by molar-refractivity contribution is -0.792. The van der Waals surface area contributed by atoms with Crippen molar-refractivity contribution < 1.29 is 9.13 Å². The molecule has 0 bridgehead atoms. The van der Waals surface area contributed by atoms with Crippen LogP contribution in [0.25, 0.3) is 5.82 Å². The van der Waals surface area contributed by atoms with Crippen LogP contribution in [0.4, 0.5) is 0 Å². The summed E-state index contributed by atoms with van der Waals surface area (Å²) in [4.78, 5) is 0. The van der Waals surface area contributed by atoms with Crippen molar-refractivity contribution in [2.75, 3.05) is 0 Å². The van der Waals surface area contributed by atoms with Gasteiger partial charge in [-0.3, -0.25) is 0 Å². The van der Waals surface area contributed by atoms with Crippen molar-refractivity contribution in [3.8, 4) is 5.82 Å². The van der Waals surface area contributed by atoms with E-state index in [1.54, 1.807) is 0 Å². The summed E-state index contributed by atoms with van der Waals surface area (Å²) >= 11 is 0. The first-order valence-corrected chi connectivity index (χ1v) is 10.8. The number of unbranched alkanes of at least 4 members (excludes halogenated alkanes) is 8. The van der Waals surface area contributed by atoms with Gasteiger partial charge in [0.05, 0.1) is 6.07 Å². The molecule has 0 spiro atoms. The smallest absolute Gasteiger partial charge is 0.143 e. The molecule has 2 aromatic heterocycles. The van der Waals surface area contributed by atoms with Gasteiger partial charge >= 0.3 is 5.82 Å². The highest BCUT2D eigenvalue weighted by molar-refractivity contribution is 5.09. The Bertz CT molecular complexity index is 621. The lowest BCUT2D eigenvalue weighted by atomic mass is 10.1. The zero-order valence-electron chi connectivity index (χ0n) is 17.0. The second-order valence-electron chi connectivity index (χ2n) is 7.45. The Hall–Kier alpha value is -1.70. The van der Waals surface area contributed by atoms with Gasteiger partial charge in [-0.05, 0) is 31.4 Å². The summed E-state index contributed by atoms with van der Waals surface area (Å²) in [6.45, 7) is 5.66. The van der Waals surface area contributed by atoms with Gasteiger partial charge in [-0.1, -0.05) is 58.8 Å². The van der Waals surface area contributed by atoms with Crippen molar-refractivity contribution in [2.24, 2.45) is 0 Å². The van der Waals surface area contributed by atoms with Gasteiger partial charge < -0.3 is 0 Å². The second kappa shape index (κ2) is 12.6. The minimum atomic E-state index is 1.11. The van der Waals surface area contributed by atoms with Crippen molar-refractivity contribution in [3.05, 3.63) is 54.5 Å². The average Bonchev–Trinajstić information content (AvgIpc) is 2.68. The molecule has 0 amide bonds. The molecule has 0 atom stereocenters. The quantitative estimate of drug-likeness (QED) is 0.320. The van der Waals surface area contributed by atoms with E-state index in [4.69, 9.17) is 0 Å². The van der Waals surface area contributed by atoms with Crippen LogP contribution in [0.5, 0.6) is 0 Å². The molecule has 2 rings (SSSR count). The van der Waals surface area contributed by atoms with Gasteiger partial charge in [-0.25, -0.2) is 0 Å². The predicted octanol–water partition coefficient (Wildman–Crippen LogP) is 5.73. The summed E-state index contributed by atoms with van der Waals surface area (Å²) < 4.78 is 4.70. The Morgan fingerprint density at radius 3 is 2.19 bits per heavy atom. The van der Waals surface area contributed by atoms with Crippen LogP contribution >= 0.6 is 0 Å². The van der Waals surface area contributed by atoms with E-state index in [2.05, 4.69) is 71.9 Å². The fraction of sp³-hybridized carbons (Fsp3) is 0.583.